The van der Waals surface area contributed by atoms with E-state index in [9.17, 15) is 0 Å². The minimum Gasteiger partial charge on any atom is -0.309 e. The molecule has 0 spiro atoms. The summed E-state index contributed by atoms with van der Waals surface area (Å²) in [6.45, 7) is 0. The SMILES string of the molecule is C1=CCC(c2ccc3sc4ccc(-n5c6ccccc6c6c(-n7c8ccccc8c8ccccc87)cccc65)cc4c3c2)C=C1. The van der Waals surface area contributed by atoms with E-state index in [1.165, 1.54) is 80.7 Å². The van der Waals surface area contributed by atoms with Crippen molar-refractivity contribution in [2.45, 2.75) is 12.3 Å². The average molecular weight is 593 g/mol. The maximum Gasteiger partial charge on any atom is 0.0562 e. The molecule has 1 aliphatic rings. The molecule has 3 aromatic heterocycles. The predicted octanol–water partition coefficient (Wildman–Crippen LogP) is 11.8. The molecule has 6 aromatic carbocycles. The number of nitrogens with zero attached hydrogens (tertiary/aromatic N) is 2. The van der Waals surface area contributed by atoms with Crippen LogP contribution < -0.4 is 0 Å². The number of para-hydroxylation sites is 3. The molecule has 3 heterocycles. The van der Waals surface area contributed by atoms with E-state index < -0.39 is 0 Å². The molecule has 10 rings (SSSR count). The van der Waals surface area contributed by atoms with Crippen LogP contribution in [0.3, 0.4) is 0 Å². The van der Waals surface area contributed by atoms with Crippen molar-refractivity contribution in [3.05, 3.63) is 157 Å². The number of benzene rings is 6. The smallest absolute Gasteiger partial charge is 0.0562 e. The Hall–Kier alpha value is -5.38. The van der Waals surface area contributed by atoms with Crippen molar-refractivity contribution >= 4 is 75.1 Å². The van der Waals surface area contributed by atoms with Crippen LogP contribution in [0, 0.1) is 0 Å². The monoisotopic (exact) mass is 592 g/mol. The fourth-order valence-electron chi connectivity index (χ4n) is 7.63. The first-order valence-electron chi connectivity index (χ1n) is 15.6. The normalized spacial score (nSPS) is 15.1. The summed E-state index contributed by atoms with van der Waals surface area (Å²) >= 11 is 1.89. The van der Waals surface area contributed by atoms with Gasteiger partial charge in [0.2, 0.25) is 0 Å². The maximum absolute atomic E-state index is 2.46. The molecule has 2 nitrogen and oxygen atoms in total. The van der Waals surface area contributed by atoms with Crippen LogP contribution in [0.4, 0.5) is 0 Å². The third-order valence-electron chi connectivity index (χ3n) is 9.64. The van der Waals surface area contributed by atoms with Gasteiger partial charge in [0.1, 0.15) is 0 Å². The summed E-state index contributed by atoms with van der Waals surface area (Å²) in [7, 11) is 0. The zero-order chi connectivity index (χ0) is 29.5. The lowest BCUT2D eigenvalue weighted by Crippen LogP contribution is -1.96. The molecule has 0 N–H and O–H groups in total. The molecule has 0 bridgehead atoms. The number of hydrogen-bond acceptors (Lipinski definition) is 1. The molecular weight excluding hydrogens is 565 g/mol. The van der Waals surface area contributed by atoms with Gasteiger partial charge in [0.05, 0.1) is 27.8 Å². The number of thiophene rings is 1. The molecule has 212 valence electrons. The van der Waals surface area contributed by atoms with Crippen molar-refractivity contribution in [2.75, 3.05) is 0 Å². The highest BCUT2D eigenvalue weighted by Crippen LogP contribution is 2.42. The minimum absolute atomic E-state index is 0.439. The Kier molecular flexibility index (Phi) is 5.31. The first-order valence-corrected chi connectivity index (χ1v) is 16.5. The van der Waals surface area contributed by atoms with E-state index in [4.69, 9.17) is 0 Å². The van der Waals surface area contributed by atoms with Crippen LogP contribution in [0.15, 0.2) is 152 Å². The van der Waals surface area contributed by atoms with Crippen LogP contribution in [0.1, 0.15) is 17.9 Å². The number of aromatic nitrogens is 2. The second kappa shape index (κ2) is 9.56. The van der Waals surface area contributed by atoms with Gasteiger partial charge in [-0.2, -0.15) is 0 Å². The van der Waals surface area contributed by atoms with E-state index in [2.05, 4.69) is 161 Å². The van der Waals surface area contributed by atoms with Crippen LogP contribution in [-0.4, -0.2) is 9.13 Å². The number of hydrogen-bond donors (Lipinski definition) is 0. The Bertz CT molecular complexity index is 2640. The first kappa shape index (κ1) is 25.0. The second-order valence-corrected chi connectivity index (χ2v) is 13.2. The Balaban J connectivity index is 1.25. The van der Waals surface area contributed by atoms with E-state index in [1.807, 2.05) is 11.3 Å². The van der Waals surface area contributed by atoms with Crippen molar-refractivity contribution < 1.29 is 0 Å². The van der Waals surface area contributed by atoms with Gasteiger partial charge in [0.25, 0.3) is 0 Å². The van der Waals surface area contributed by atoms with Crippen LogP contribution >= 0.6 is 11.3 Å². The summed E-state index contributed by atoms with van der Waals surface area (Å²) in [5, 5.41) is 7.78. The molecule has 0 aliphatic heterocycles. The molecule has 9 aromatic rings. The van der Waals surface area contributed by atoms with E-state index in [0.717, 1.165) is 6.42 Å². The third kappa shape index (κ3) is 3.62. The highest BCUT2D eigenvalue weighted by Gasteiger charge is 2.20. The lowest BCUT2D eigenvalue weighted by molar-refractivity contribution is 0.856. The van der Waals surface area contributed by atoms with Crippen molar-refractivity contribution in [1.29, 1.82) is 0 Å². The van der Waals surface area contributed by atoms with Gasteiger partial charge in [-0.05, 0) is 72.6 Å². The van der Waals surface area contributed by atoms with Gasteiger partial charge in [-0.15, -0.1) is 11.3 Å². The molecule has 0 saturated carbocycles. The number of allylic oxidation sites excluding steroid dienone is 4. The van der Waals surface area contributed by atoms with Gasteiger partial charge >= 0.3 is 0 Å². The number of fused-ring (bicyclic) bond motifs is 9. The van der Waals surface area contributed by atoms with E-state index in [1.54, 1.807) is 0 Å². The standard InChI is InChI=1S/C42H28N2S/c1-2-11-27(12-3-1)28-21-23-40-33(25-28)34-26-29(22-24-41(34)45-40)43-37-18-9-6-15-32(37)42-38(43)19-10-20-39(42)44-35-16-7-4-13-30(35)31-14-5-8-17-36(31)44/h1-11,13-27H,12H2. The average Bonchev–Trinajstić information content (AvgIpc) is 3.76. The van der Waals surface area contributed by atoms with Crippen LogP contribution in [0.5, 0.6) is 0 Å². The zero-order valence-corrected chi connectivity index (χ0v) is 25.3. The van der Waals surface area contributed by atoms with Crippen LogP contribution in [-0.2, 0) is 0 Å². The second-order valence-electron chi connectivity index (χ2n) is 12.1. The highest BCUT2D eigenvalue weighted by molar-refractivity contribution is 7.25. The molecule has 1 atom stereocenters. The summed E-state index contributed by atoms with van der Waals surface area (Å²) in [6.07, 6.45) is 9.99. The molecule has 1 aliphatic carbocycles. The van der Waals surface area contributed by atoms with Gasteiger partial charge in [0, 0.05) is 53.3 Å². The van der Waals surface area contributed by atoms with Crippen molar-refractivity contribution in [3.63, 3.8) is 0 Å². The molecular formula is C42H28N2S. The van der Waals surface area contributed by atoms with Crippen LogP contribution in [0.2, 0.25) is 0 Å². The Morgan fingerprint density at radius 1 is 0.511 bits per heavy atom. The molecule has 0 amide bonds. The summed E-state index contributed by atoms with van der Waals surface area (Å²) < 4.78 is 7.59. The van der Waals surface area contributed by atoms with Crippen molar-refractivity contribution in [3.8, 4) is 11.4 Å². The van der Waals surface area contributed by atoms with Gasteiger partial charge < -0.3 is 9.13 Å². The largest absolute Gasteiger partial charge is 0.309 e. The predicted molar refractivity (Wildman–Crippen MR) is 194 cm³/mol. The Labute approximate surface area is 264 Å². The molecule has 45 heavy (non-hydrogen) atoms. The maximum atomic E-state index is 2.46. The van der Waals surface area contributed by atoms with Gasteiger partial charge in [-0.3, -0.25) is 0 Å². The van der Waals surface area contributed by atoms with Crippen molar-refractivity contribution in [2.24, 2.45) is 0 Å². The summed E-state index contributed by atoms with van der Waals surface area (Å²) in [6, 6.07) is 47.3. The Morgan fingerprint density at radius 3 is 1.89 bits per heavy atom. The van der Waals surface area contributed by atoms with Gasteiger partial charge in [0.15, 0.2) is 0 Å². The molecule has 1 unspecified atom stereocenters. The Morgan fingerprint density at radius 2 is 1.16 bits per heavy atom. The molecule has 0 saturated heterocycles. The molecule has 3 heteroatoms. The summed E-state index contributed by atoms with van der Waals surface area (Å²) in [4.78, 5) is 0. The number of rotatable bonds is 3. The molecule has 0 radical (unpaired) electrons. The summed E-state index contributed by atoms with van der Waals surface area (Å²) in [5.41, 5.74) is 8.69. The van der Waals surface area contributed by atoms with E-state index >= 15 is 0 Å². The quantitative estimate of drug-likeness (QED) is 0.193. The lowest BCUT2D eigenvalue weighted by Gasteiger charge is -2.13. The van der Waals surface area contributed by atoms with Crippen LogP contribution in [0.25, 0.3) is 75.2 Å². The lowest BCUT2D eigenvalue weighted by atomic mass is 9.91. The zero-order valence-electron chi connectivity index (χ0n) is 24.5. The van der Waals surface area contributed by atoms with Crippen molar-refractivity contribution in [1.82, 2.24) is 9.13 Å². The van der Waals surface area contributed by atoms with E-state index in [-0.39, 0.29) is 0 Å². The fraction of sp³-hybridized carbons (Fsp3) is 0.0476. The molecule has 0 fully saturated rings. The van der Waals surface area contributed by atoms with Gasteiger partial charge in [-0.25, -0.2) is 0 Å². The third-order valence-corrected chi connectivity index (χ3v) is 10.8. The summed E-state index contributed by atoms with van der Waals surface area (Å²) in [5.74, 6) is 0.439. The van der Waals surface area contributed by atoms with E-state index in [0.29, 0.717) is 5.92 Å². The fourth-order valence-corrected chi connectivity index (χ4v) is 8.69. The first-order chi connectivity index (χ1) is 22.3. The highest BCUT2D eigenvalue weighted by atomic mass is 32.1. The topological polar surface area (TPSA) is 9.86 Å². The minimum atomic E-state index is 0.439. The van der Waals surface area contributed by atoms with Gasteiger partial charge in [-0.1, -0.05) is 91.0 Å².